The van der Waals surface area contributed by atoms with Crippen LogP contribution in [-0.4, -0.2) is 31.0 Å². The van der Waals surface area contributed by atoms with Crippen LogP contribution < -0.4 is 15.1 Å². The summed E-state index contributed by atoms with van der Waals surface area (Å²) >= 11 is 11.1. The van der Waals surface area contributed by atoms with Crippen molar-refractivity contribution in [2.24, 2.45) is 0 Å². The summed E-state index contributed by atoms with van der Waals surface area (Å²) < 4.78 is 0. The van der Waals surface area contributed by atoms with E-state index in [1.54, 1.807) is 30.3 Å². The van der Waals surface area contributed by atoms with Crippen molar-refractivity contribution in [2.45, 2.75) is 0 Å². The van der Waals surface area contributed by atoms with Gasteiger partial charge in [-0.1, -0.05) is 35.9 Å². The summed E-state index contributed by atoms with van der Waals surface area (Å²) in [6.45, 7) is 0. The summed E-state index contributed by atoms with van der Waals surface area (Å²) in [5.41, 5.74) is 2.58. The number of nitrogens with zero attached hydrogens (tertiary/aromatic N) is 2. The third kappa shape index (κ3) is 4.30. The van der Waals surface area contributed by atoms with Crippen LogP contribution in [0, 0.1) is 0 Å². The van der Waals surface area contributed by atoms with Crippen molar-refractivity contribution >= 4 is 58.2 Å². The van der Waals surface area contributed by atoms with E-state index in [0.717, 1.165) is 11.3 Å². The number of anilines is 2. The molecule has 1 aliphatic heterocycles. The minimum absolute atomic E-state index is 0.00436. The van der Waals surface area contributed by atoms with Gasteiger partial charge in [0.1, 0.15) is 5.57 Å². The van der Waals surface area contributed by atoms with Gasteiger partial charge in [0, 0.05) is 24.8 Å². The zero-order valence-electron chi connectivity index (χ0n) is 15.3. The van der Waals surface area contributed by atoms with Gasteiger partial charge in [0.05, 0.1) is 5.69 Å². The lowest BCUT2D eigenvalue weighted by molar-refractivity contribution is -0.122. The smallest absolute Gasteiger partial charge is 0.270 e. The topological polar surface area (TPSA) is 52.7 Å². The Morgan fingerprint density at radius 3 is 2.29 bits per heavy atom. The molecule has 0 atom stereocenters. The van der Waals surface area contributed by atoms with E-state index < -0.39 is 11.8 Å². The molecular weight excluding hydrogens is 394 g/mol. The number of benzene rings is 2. The minimum Gasteiger partial charge on any atom is -0.378 e. The molecular formula is C21H18ClN3O2S. The fourth-order valence-electron chi connectivity index (χ4n) is 2.64. The van der Waals surface area contributed by atoms with Crippen molar-refractivity contribution in [3.05, 3.63) is 76.8 Å². The van der Waals surface area contributed by atoms with Gasteiger partial charge in [0.2, 0.25) is 0 Å². The van der Waals surface area contributed by atoms with E-state index >= 15 is 0 Å². The second-order valence-electron chi connectivity index (χ2n) is 6.30. The summed E-state index contributed by atoms with van der Waals surface area (Å²) in [4.78, 5) is 28.3. The zero-order chi connectivity index (χ0) is 20.3. The van der Waals surface area contributed by atoms with Gasteiger partial charge in [-0.05, 0) is 60.3 Å². The van der Waals surface area contributed by atoms with Crippen molar-refractivity contribution < 1.29 is 9.59 Å². The monoisotopic (exact) mass is 411 g/mol. The van der Waals surface area contributed by atoms with E-state index in [-0.39, 0.29) is 10.7 Å². The van der Waals surface area contributed by atoms with E-state index in [4.69, 9.17) is 23.8 Å². The summed E-state index contributed by atoms with van der Waals surface area (Å²) in [6.07, 6.45) is 4.99. The Balaban J connectivity index is 1.83. The summed E-state index contributed by atoms with van der Waals surface area (Å²) in [5, 5.41) is 3.13. The molecule has 1 N–H and O–H groups in total. The summed E-state index contributed by atoms with van der Waals surface area (Å²) in [6, 6.07) is 14.6. The Morgan fingerprint density at radius 2 is 1.68 bits per heavy atom. The standard InChI is InChI=1S/C21H18ClN3O2S/c1-24(2)16-10-6-14(7-11-16)4-3-5-18-19(26)23-21(28)25(20(18)27)17-12-8-15(22)9-13-17/h3-13H,1-2H3,(H,23,26,28)/b4-3-,18-5-. The largest absolute Gasteiger partial charge is 0.378 e. The van der Waals surface area contributed by atoms with Crippen molar-refractivity contribution in [1.82, 2.24) is 5.32 Å². The number of amides is 2. The fourth-order valence-corrected chi connectivity index (χ4v) is 3.05. The first-order chi connectivity index (χ1) is 13.4. The lowest BCUT2D eigenvalue weighted by Gasteiger charge is -2.28. The minimum atomic E-state index is -0.521. The molecule has 5 nitrogen and oxygen atoms in total. The van der Waals surface area contributed by atoms with E-state index in [0.29, 0.717) is 10.7 Å². The van der Waals surface area contributed by atoms with Crippen molar-refractivity contribution in [3.63, 3.8) is 0 Å². The summed E-state index contributed by atoms with van der Waals surface area (Å²) in [5.74, 6) is -1.00. The van der Waals surface area contributed by atoms with Gasteiger partial charge in [-0.15, -0.1) is 0 Å². The molecule has 0 spiro atoms. The normalized spacial score (nSPS) is 16.0. The molecule has 1 aliphatic rings. The Morgan fingerprint density at radius 1 is 1.04 bits per heavy atom. The highest BCUT2D eigenvalue weighted by Gasteiger charge is 2.33. The van der Waals surface area contributed by atoms with Crippen LogP contribution in [0.4, 0.5) is 11.4 Å². The number of nitrogens with one attached hydrogen (secondary N) is 1. The number of hydrogen-bond acceptors (Lipinski definition) is 4. The molecule has 0 saturated carbocycles. The van der Waals surface area contributed by atoms with Gasteiger partial charge in [-0.3, -0.25) is 19.8 Å². The predicted molar refractivity (Wildman–Crippen MR) is 118 cm³/mol. The van der Waals surface area contributed by atoms with Crippen LogP contribution in [0.1, 0.15) is 5.56 Å². The quantitative estimate of drug-likeness (QED) is 0.472. The molecule has 2 aromatic carbocycles. The van der Waals surface area contributed by atoms with Gasteiger partial charge < -0.3 is 4.90 Å². The first-order valence-corrected chi connectivity index (χ1v) is 9.26. The number of carbonyl (C=O) groups excluding carboxylic acids is 2. The summed E-state index contributed by atoms with van der Waals surface area (Å²) in [7, 11) is 3.94. The van der Waals surface area contributed by atoms with Crippen LogP contribution in [0.3, 0.4) is 0 Å². The fraction of sp³-hybridized carbons (Fsp3) is 0.0952. The third-order valence-corrected chi connectivity index (χ3v) is 4.68. The molecule has 142 valence electrons. The van der Waals surface area contributed by atoms with Crippen LogP contribution in [0.25, 0.3) is 6.08 Å². The van der Waals surface area contributed by atoms with Crippen LogP contribution in [0.5, 0.6) is 0 Å². The highest BCUT2D eigenvalue weighted by Crippen LogP contribution is 2.22. The van der Waals surface area contributed by atoms with E-state index in [9.17, 15) is 9.59 Å². The molecule has 0 aliphatic carbocycles. The Hall–Kier alpha value is -2.96. The van der Waals surface area contributed by atoms with Gasteiger partial charge in [0.15, 0.2) is 5.11 Å². The van der Waals surface area contributed by atoms with Crippen LogP contribution in [0.15, 0.2) is 66.3 Å². The average molecular weight is 412 g/mol. The van der Waals surface area contributed by atoms with Gasteiger partial charge in [-0.2, -0.15) is 0 Å². The molecule has 1 fully saturated rings. The maximum atomic E-state index is 12.8. The number of halogens is 1. The number of hydrogen-bond donors (Lipinski definition) is 1. The molecule has 0 unspecified atom stereocenters. The van der Waals surface area contributed by atoms with E-state index in [2.05, 4.69) is 5.32 Å². The van der Waals surface area contributed by atoms with Crippen molar-refractivity contribution in [2.75, 3.05) is 23.9 Å². The van der Waals surface area contributed by atoms with E-state index in [1.165, 1.54) is 11.0 Å². The Labute approximate surface area is 173 Å². The first kappa shape index (κ1) is 19.8. The number of thiocarbonyl (C=S) groups is 1. The number of carbonyl (C=O) groups is 2. The SMILES string of the molecule is CN(C)c1ccc(/C=C\C=C2\C(=O)NC(=S)N(c3ccc(Cl)cc3)C2=O)cc1. The maximum Gasteiger partial charge on any atom is 0.270 e. The van der Waals surface area contributed by atoms with E-state index in [1.807, 2.05) is 49.3 Å². The second-order valence-corrected chi connectivity index (χ2v) is 7.12. The van der Waals surface area contributed by atoms with Gasteiger partial charge in [0.25, 0.3) is 11.8 Å². The van der Waals surface area contributed by atoms with Gasteiger partial charge in [-0.25, -0.2) is 0 Å². The molecule has 7 heteroatoms. The molecule has 0 radical (unpaired) electrons. The molecule has 28 heavy (non-hydrogen) atoms. The molecule has 1 saturated heterocycles. The lowest BCUT2D eigenvalue weighted by Crippen LogP contribution is -2.54. The molecule has 2 aromatic rings. The van der Waals surface area contributed by atoms with Gasteiger partial charge >= 0.3 is 0 Å². The first-order valence-electron chi connectivity index (χ1n) is 8.48. The number of rotatable bonds is 4. The van der Waals surface area contributed by atoms with Crippen LogP contribution >= 0.6 is 23.8 Å². The average Bonchev–Trinajstić information content (AvgIpc) is 2.66. The van der Waals surface area contributed by atoms with Crippen molar-refractivity contribution in [3.8, 4) is 0 Å². The molecule has 0 bridgehead atoms. The zero-order valence-corrected chi connectivity index (χ0v) is 16.9. The molecule has 2 amide bonds. The highest BCUT2D eigenvalue weighted by atomic mass is 35.5. The molecule has 0 aromatic heterocycles. The van der Waals surface area contributed by atoms with Crippen molar-refractivity contribution in [1.29, 1.82) is 0 Å². The maximum absolute atomic E-state index is 12.8. The molecule has 1 heterocycles. The lowest BCUT2D eigenvalue weighted by atomic mass is 10.1. The Bertz CT molecular complexity index is 980. The highest BCUT2D eigenvalue weighted by molar-refractivity contribution is 7.80. The Kier molecular flexibility index (Phi) is 5.92. The van der Waals surface area contributed by atoms with Crippen LogP contribution in [-0.2, 0) is 9.59 Å². The third-order valence-electron chi connectivity index (χ3n) is 4.15. The molecule has 3 rings (SSSR count). The van der Waals surface area contributed by atoms with Crippen LogP contribution in [0.2, 0.25) is 5.02 Å². The second kappa shape index (κ2) is 8.37. The predicted octanol–water partition coefficient (Wildman–Crippen LogP) is 3.79. The number of allylic oxidation sites excluding steroid dienone is 2.